The maximum atomic E-state index is 10.7. The highest BCUT2D eigenvalue weighted by molar-refractivity contribution is 5.18. The molecule has 3 nitrogen and oxygen atoms in total. The molecule has 3 heteroatoms. The molecule has 0 N–H and O–H groups in total. The number of hydrogen-bond donors (Lipinski definition) is 0. The second-order valence-corrected chi connectivity index (χ2v) is 2.03. The van der Waals surface area contributed by atoms with Crippen molar-refractivity contribution >= 4 is 0 Å². The Morgan fingerprint density at radius 2 is 2.30 bits per heavy atom. The molecule has 0 aliphatic carbocycles. The Morgan fingerprint density at radius 1 is 1.60 bits per heavy atom. The van der Waals surface area contributed by atoms with Crippen molar-refractivity contribution in [3.63, 3.8) is 0 Å². The SMILES string of the molecule is COc1cc[n+]([O-])c(C)c1. The van der Waals surface area contributed by atoms with E-state index in [-0.39, 0.29) is 0 Å². The molecule has 1 rings (SSSR count). The Morgan fingerprint density at radius 3 is 2.80 bits per heavy atom. The molecule has 0 atom stereocenters. The molecule has 0 radical (unpaired) electrons. The predicted octanol–water partition coefficient (Wildman–Crippen LogP) is 0.637. The lowest BCUT2D eigenvalue weighted by Crippen LogP contribution is -2.28. The molecular weight excluding hydrogens is 130 g/mol. The monoisotopic (exact) mass is 139 g/mol. The van der Waals surface area contributed by atoms with E-state index in [1.54, 1.807) is 26.2 Å². The normalized spacial score (nSPS) is 9.40. The van der Waals surface area contributed by atoms with Gasteiger partial charge in [-0.1, -0.05) is 0 Å². The van der Waals surface area contributed by atoms with Crippen LogP contribution in [0, 0.1) is 12.1 Å². The lowest BCUT2D eigenvalue weighted by atomic mass is 10.3. The number of ether oxygens (including phenoxy) is 1. The third-order valence-electron chi connectivity index (χ3n) is 1.31. The molecule has 0 saturated heterocycles. The molecule has 1 aromatic rings. The highest BCUT2D eigenvalue weighted by Crippen LogP contribution is 2.06. The molecule has 10 heavy (non-hydrogen) atoms. The van der Waals surface area contributed by atoms with Crippen LogP contribution in [0.25, 0.3) is 0 Å². The number of aryl methyl sites for hydroxylation is 1. The summed E-state index contributed by atoms with van der Waals surface area (Å²) in [5, 5.41) is 10.7. The van der Waals surface area contributed by atoms with E-state index in [4.69, 9.17) is 4.74 Å². The van der Waals surface area contributed by atoms with Gasteiger partial charge in [-0.15, -0.1) is 0 Å². The van der Waals surface area contributed by atoms with Crippen molar-refractivity contribution in [2.24, 2.45) is 0 Å². The van der Waals surface area contributed by atoms with Gasteiger partial charge in [0.1, 0.15) is 5.75 Å². The maximum absolute atomic E-state index is 10.7. The van der Waals surface area contributed by atoms with Gasteiger partial charge in [0.05, 0.1) is 7.11 Å². The first-order valence-corrected chi connectivity index (χ1v) is 2.98. The van der Waals surface area contributed by atoms with Gasteiger partial charge in [-0.3, -0.25) is 0 Å². The molecule has 0 bridgehead atoms. The van der Waals surface area contributed by atoms with Gasteiger partial charge in [-0.25, -0.2) is 0 Å². The average molecular weight is 139 g/mol. The van der Waals surface area contributed by atoms with Crippen LogP contribution in [0.4, 0.5) is 0 Å². The molecule has 0 spiro atoms. The van der Waals surface area contributed by atoms with Gasteiger partial charge in [0.2, 0.25) is 0 Å². The van der Waals surface area contributed by atoms with E-state index in [1.165, 1.54) is 6.20 Å². The van der Waals surface area contributed by atoms with Crippen LogP contribution >= 0.6 is 0 Å². The standard InChI is InChI=1S/C7H9NO2/c1-6-5-7(10-2)3-4-8(6)9/h3-5H,1-2H3. The van der Waals surface area contributed by atoms with Crippen LogP contribution in [-0.4, -0.2) is 7.11 Å². The fourth-order valence-corrected chi connectivity index (χ4v) is 0.703. The Kier molecular flexibility index (Phi) is 1.76. The van der Waals surface area contributed by atoms with Crippen LogP contribution in [-0.2, 0) is 0 Å². The van der Waals surface area contributed by atoms with E-state index in [0.717, 1.165) is 4.73 Å². The lowest BCUT2D eigenvalue weighted by Gasteiger charge is -2.01. The van der Waals surface area contributed by atoms with Gasteiger partial charge >= 0.3 is 0 Å². The second-order valence-electron chi connectivity index (χ2n) is 2.03. The summed E-state index contributed by atoms with van der Waals surface area (Å²) in [5.74, 6) is 0.713. The summed E-state index contributed by atoms with van der Waals surface area (Å²) in [6.07, 6.45) is 1.42. The van der Waals surface area contributed by atoms with Crippen molar-refractivity contribution in [3.05, 3.63) is 29.2 Å². The van der Waals surface area contributed by atoms with Crippen LogP contribution in [0.3, 0.4) is 0 Å². The first kappa shape index (κ1) is 6.86. The van der Waals surface area contributed by atoms with E-state index in [1.807, 2.05) is 0 Å². The van der Waals surface area contributed by atoms with Crippen molar-refractivity contribution in [3.8, 4) is 5.75 Å². The van der Waals surface area contributed by atoms with Gasteiger partial charge in [0.25, 0.3) is 0 Å². The molecule has 0 amide bonds. The number of pyridine rings is 1. The molecule has 0 unspecified atom stereocenters. The van der Waals surface area contributed by atoms with Crippen molar-refractivity contribution in [1.82, 2.24) is 0 Å². The summed E-state index contributed by atoms with van der Waals surface area (Å²) in [6, 6.07) is 3.31. The molecule has 0 saturated carbocycles. The first-order chi connectivity index (χ1) is 4.74. The zero-order chi connectivity index (χ0) is 7.56. The average Bonchev–Trinajstić information content (AvgIpc) is 1.95. The zero-order valence-electron chi connectivity index (χ0n) is 6.00. The van der Waals surface area contributed by atoms with Crippen molar-refractivity contribution in [1.29, 1.82) is 0 Å². The van der Waals surface area contributed by atoms with E-state index in [0.29, 0.717) is 11.4 Å². The quantitative estimate of drug-likeness (QED) is 0.422. The van der Waals surface area contributed by atoms with Crippen LogP contribution in [0.5, 0.6) is 5.75 Å². The Balaban J connectivity index is 3.04. The molecule has 1 aromatic heterocycles. The Hall–Kier alpha value is -1.25. The van der Waals surface area contributed by atoms with Gasteiger partial charge in [-0.05, 0) is 0 Å². The minimum Gasteiger partial charge on any atom is -0.619 e. The van der Waals surface area contributed by atoms with E-state index >= 15 is 0 Å². The summed E-state index contributed by atoms with van der Waals surface area (Å²) >= 11 is 0. The van der Waals surface area contributed by atoms with E-state index in [2.05, 4.69) is 0 Å². The molecule has 0 aliphatic heterocycles. The topological polar surface area (TPSA) is 36.2 Å². The maximum Gasteiger partial charge on any atom is 0.193 e. The van der Waals surface area contributed by atoms with Gasteiger partial charge in [0.15, 0.2) is 11.9 Å². The first-order valence-electron chi connectivity index (χ1n) is 2.98. The van der Waals surface area contributed by atoms with E-state index < -0.39 is 0 Å². The lowest BCUT2D eigenvalue weighted by molar-refractivity contribution is -0.612. The predicted molar refractivity (Wildman–Crippen MR) is 36.7 cm³/mol. The molecule has 0 aromatic carbocycles. The van der Waals surface area contributed by atoms with Gasteiger partial charge in [-0.2, -0.15) is 4.73 Å². The number of methoxy groups -OCH3 is 1. The fourth-order valence-electron chi connectivity index (χ4n) is 0.703. The molecule has 1 heterocycles. The number of hydrogen-bond acceptors (Lipinski definition) is 2. The summed E-state index contributed by atoms with van der Waals surface area (Å²) in [7, 11) is 1.57. The molecule has 54 valence electrons. The highest BCUT2D eigenvalue weighted by Gasteiger charge is 1.98. The zero-order valence-corrected chi connectivity index (χ0v) is 6.00. The smallest absolute Gasteiger partial charge is 0.193 e. The Bertz CT molecular complexity index is 235. The summed E-state index contributed by atoms with van der Waals surface area (Å²) in [6.45, 7) is 1.73. The fraction of sp³-hybridized carbons (Fsp3) is 0.286. The summed E-state index contributed by atoms with van der Waals surface area (Å²) in [4.78, 5) is 0. The van der Waals surface area contributed by atoms with Crippen LogP contribution in [0.15, 0.2) is 18.3 Å². The Labute approximate surface area is 59.5 Å². The summed E-state index contributed by atoms with van der Waals surface area (Å²) < 4.78 is 5.69. The summed E-state index contributed by atoms with van der Waals surface area (Å²) in [5.41, 5.74) is 0.638. The van der Waals surface area contributed by atoms with Gasteiger partial charge < -0.3 is 9.94 Å². The van der Waals surface area contributed by atoms with Crippen LogP contribution in [0.2, 0.25) is 0 Å². The largest absolute Gasteiger partial charge is 0.619 e. The minimum atomic E-state index is 0.638. The molecule has 0 aliphatic rings. The van der Waals surface area contributed by atoms with Gasteiger partial charge in [0, 0.05) is 19.1 Å². The third kappa shape index (κ3) is 1.18. The minimum absolute atomic E-state index is 0.638. The van der Waals surface area contributed by atoms with E-state index in [9.17, 15) is 5.21 Å². The number of rotatable bonds is 1. The van der Waals surface area contributed by atoms with Crippen LogP contribution < -0.4 is 9.47 Å². The number of aromatic nitrogens is 1. The molecular formula is C7H9NO2. The second kappa shape index (κ2) is 2.56. The van der Waals surface area contributed by atoms with Crippen molar-refractivity contribution in [2.45, 2.75) is 6.92 Å². The van der Waals surface area contributed by atoms with Crippen molar-refractivity contribution < 1.29 is 9.47 Å². The van der Waals surface area contributed by atoms with Crippen molar-refractivity contribution in [2.75, 3.05) is 7.11 Å². The number of nitrogens with zero attached hydrogens (tertiary/aromatic N) is 1. The molecule has 0 fully saturated rings. The highest BCUT2D eigenvalue weighted by atomic mass is 16.5. The van der Waals surface area contributed by atoms with Crippen LogP contribution in [0.1, 0.15) is 5.69 Å². The third-order valence-corrected chi connectivity index (χ3v) is 1.31.